The van der Waals surface area contributed by atoms with Crippen molar-refractivity contribution in [2.24, 2.45) is 5.92 Å². The molecule has 0 fully saturated rings. The number of hydrogen-bond donors (Lipinski definition) is 2. The lowest BCUT2D eigenvalue weighted by Crippen LogP contribution is -2.46. The van der Waals surface area contributed by atoms with Crippen LogP contribution >= 0.6 is 0 Å². The molecule has 1 atom stereocenters. The molecule has 0 bridgehead atoms. The van der Waals surface area contributed by atoms with Crippen LogP contribution in [0.1, 0.15) is 41.0 Å². The molecule has 0 radical (unpaired) electrons. The zero-order chi connectivity index (χ0) is 15.4. The van der Waals surface area contributed by atoms with Gasteiger partial charge in [-0.3, -0.25) is 4.79 Å². The summed E-state index contributed by atoms with van der Waals surface area (Å²) in [6, 6.07) is -1.05. The predicted octanol–water partition coefficient (Wildman–Crippen LogP) is 0.815. The number of hydrogen-bond acceptors (Lipinski definition) is 4. The average molecular weight is 293 g/mol. The van der Waals surface area contributed by atoms with Gasteiger partial charge in [-0.25, -0.2) is 13.2 Å². The van der Waals surface area contributed by atoms with E-state index in [0.29, 0.717) is 0 Å². The number of amides is 1. The summed E-state index contributed by atoms with van der Waals surface area (Å²) in [5.41, 5.74) is 0. The molecular formula is C12H23NO5S. The smallest absolute Gasteiger partial charge is 0.326 e. The van der Waals surface area contributed by atoms with Crippen LogP contribution in [0.3, 0.4) is 0 Å². The van der Waals surface area contributed by atoms with Gasteiger partial charge in [0.15, 0.2) is 9.84 Å². The van der Waals surface area contributed by atoms with Crippen LogP contribution < -0.4 is 5.32 Å². The molecule has 0 rings (SSSR count). The van der Waals surface area contributed by atoms with E-state index >= 15 is 0 Å². The molecule has 0 spiro atoms. The van der Waals surface area contributed by atoms with Gasteiger partial charge in [0.25, 0.3) is 0 Å². The normalized spacial score (nSPS) is 14.2. The molecule has 0 aromatic heterocycles. The van der Waals surface area contributed by atoms with Crippen molar-refractivity contribution >= 4 is 21.7 Å². The summed E-state index contributed by atoms with van der Waals surface area (Å²) in [6.45, 7) is 8.15. The number of carbonyl (C=O) groups is 2. The first kappa shape index (κ1) is 17.9. The van der Waals surface area contributed by atoms with Crippen molar-refractivity contribution in [2.75, 3.05) is 5.75 Å². The van der Waals surface area contributed by atoms with Crippen LogP contribution in [-0.4, -0.2) is 41.9 Å². The highest BCUT2D eigenvalue weighted by Gasteiger charge is 2.32. The van der Waals surface area contributed by atoms with Gasteiger partial charge in [0.1, 0.15) is 11.8 Å². The second kappa shape index (κ2) is 6.36. The SMILES string of the molecule is CC(C)C[C@H](NC(=O)CS(=O)(=O)C(C)(C)C)C(=O)O. The van der Waals surface area contributed by atoms with Crippen LogP contribution in [0.2, 0.25) is 0 Å². The van der Waals surface area contributed by atoms with Gasteiger partial charge in [-0.1, -0.05) is 13.8 Å². The van der Waals surface area contributed by atoms with E-state index < -0.39 is 38.3 Å². The standard InChI is InChI=1S/C12H23NO5S/c1-8(2)6-9(11(15)16)13-10(14)7-19(17,18)12(3,4)5/h8-9H,6-7H2,1-5H3,(H,13,14)(H,15,16)/t9-/m0/s1. The minimum absolute atomic E-state index is 0.0839. The van der Waals surface area contributed by atoms with Crippen molar-refractivity contribution in [1.29, 1.82) is 0 Å². The van der Waals surface area contributed by atoms with E-state index in [4.69, 9.17) is 5.11 Å². The number of carboxylic acid groups (broad SMARTS) is 1. The molecule has 0 heterocycles. The number of rotatable bonds is 6. The van der Waals surface area contributed by atoms with E-state index in [1.807, 2.05) is 13.8 Å². The predicted molar refractivity (Wildman–Crippen MR) is 72.6 cm³/mol. The van der Waals surface area contributed by atoms with Gasteiger partial charge in [0.05, 0.1) is 4.75 Å². The molecule has 6 nitrogen and oxygen atoms in total. The highest BCUT2D eigenvalue weighted by atomic mass is 32.2. The number of aliphatic carboxylic acids is 1. The van der Waals surface area contributed by atoms with E-state index in [0.717, 1.165) is 0 Å². The van der Waals surface area contributed by atoms with Gasteiger partial charge >= 0.3 is 5.97 Å². The summed E-state index contributed by atoms with van der Waals surface area (Å²) < 4.78 is 22.6. The maximum atomic E-state index is 11.8. The molecule has 0 aromatic rings. The topological polar surface area (TPSA) is 101 Å². The molecule has 0 saturated carbocycles. The van der Waals surface area contributed by atoms with Crippen LogP contribution in [0.4, 0.5) is 0 Å². The zero-order valence-corrected chi connectivity index (χ0v) is 12.9. The third-order valence-electron chi connectivity index (χ3n) is 2.59. The van der Waals surface area contributed by atoms with Crippen LogP contribution in [0.5, 0.6) is 0 Å². The van der Waals surface area contributed by atoms with Gasteiger partial charge in [-0.15, -0.1) is 0 Å². The number of nitrogens with one attached hydrogen (secondary N) is 1. The highest BCUT2D eigenvalue weighted by molar-refractivity contribution is 7.93. The Balaban J connectivity index is 4.74. The van der Waals surface area contributed by atoms with Crippen LogP contribution in [-0.2, 0) is 19.4 Å². The van der Waals surface area contributed by atoms with Gasteiger partial charge in [0.2, 0.25) is 5.91 Å². The Hall–Kier alpha value is -1.11. The second-order valence-electron chi connectivity index (χ2n) is 5.96. The van der Waals surface area contributed by atoms with Crippen LogP contribution in [0.25, 0.3) is 0 Å². The summed E-state index contributed by atoms with van der Waals surface area (Å²) >= 11 is 0. The van der Waals surface area contributed by atoms with Gasteiger partial charge in [0, 0.05) is 0 Å². The molecule has 0 aliphatic rings. The third-order valence-corrected chi connectivity index (χ3v) is 5.10. The summed E-state index contributed by atoms with van der Waals surface area (Å²) in [5.74, 6) is -2.54. The first-order valence-corrected chi connectivity index (χ1v) is 7.76. The molecule has 112 valence electrons. The first-order chi connectivity index (χ1) is 8.36. The molecular weight excluding hydrogens is 270 g/mol. The van der Waals surface area contributed by atoms with E-state index in [1.54, 1.807) is 0 Å². The lowest BCUT2D eigenvalue weighted by atomic mass is 10.0. The second-order valence-corrected chi connectivity index (χ2v) is 8.70. The lowest BCUT2D eigenvalue weighted by molar-refractivity contribution is -0.141. The van der Waals surface area contributed by atoms with Gasteiger partial charge in [-0.05, 0) is 33.1 Å². The van der Waals surface area contributed by atoms with E-state index in [9.17, 15) is 18.0 Å². The van der Waals surface area contributed by atoms with E-state index in [1.165, 1.54) is 20.8 Å². The third kappa shape index (κ3) is 6.04. The lowest BCUT2D eigenvalue weighted by Gasteiger charge is -2.20. The Bertz CT molecular complexity index is 434. The maximum Gasteiger partial charge on any atom is 0.326 e. The van der Waals surface area contributed by atoms with E-state index in [-0.39, 0.29) is 12.3 Å². The first-order valence-electron chi connectivity index (χ1n) is 6.11. The minimum Gasteiger partial charge on any atom is -0.480 e. The Morgan fingerprint density at radius 3 is 2.00 bits per heavy atom. The van der Waals surface area contributed by atoms with Gasteiger partial charge in [-0.2, -0.15) is 0 Å². The van der Waals surface area contributed by atoms with Crippen molar-refractivity contribution in [2.45, 2.75) is 51.8 Å². The fourth-order valence-electron chi connectivity index (χ4n) is 1.32. The molecule has 2 N–H and O–H groups in total. The Labute approximate surface area is 114 Å². The molecule has 1 amide bonds. The van der Waals surface area contributed by atoms with Crippen molar-refractivity contribution in [3.8, 4) is 0 Å². The van der Waals surface area contributed by atoms with Crippen molar-refractivity contribution in [3.63, 3.8) is 0 Å². The van der Waals surface area contributed by atoms with Crippen molar-refractivity contribution in [1.82, 2.24) is 5.32 Å². The van der Waals surface area contributed by atoms with Gasteiger partial charge < -0.3 is 10.4 Å². The molecule has 19 heavy (non-hydrogen) atoms. The summed E-state index contributed by atoms with van der Waals surface area (Å²) in [5, 5.41) is 11.2. The largest absolute Gasteiger partial charge is 0.480 e. The fourth-order valence-corrected chi connectivity index (χ4v) is 2.18. The minimum atomic E-state index is -3.60. The maximum absolute atomic E-state index is 11.8. The fraction of sp³-hybridized carbons (Fsp3) is 0.833. The molecule has 0 saturated heterocycles. The van der Waals surface area contributed by atoms with E-state index in [2.05, 4.69) is 5.32 Å². The van der Waals surface area contributed by atoms with Crippen LogP contribution in [0.15, 0.2) is 0 Å². The molecule has 7 heteroatoms. The molecule has 0 aliphatic heterocycles. The van der Waals surface area contributed by atoms with Crippen LogP contribution in [0, 0.1) is 5.92 Å². The Kier molecular flexibility index (Phi) is 5.99. The quantitative estimate of drug-likeness (QED) is 0.755. The summed E-state index contributed by atoms with van der Waals surface area (Å²) in [4.78, 5) is 22.6. The molecule has 0 aliphatic carbocycles. The monoisotopic (exact) mass is 293 g/mol. The highest BCUT2D eigenvalue weighted by Crippen LogP contribution is 2.15. The number of carboxylic acids is 1. The Morgan fingerprint density at radius 2 is 1.68 bits per heavy atom. The number of carbonyl (C=O) groups excluding carboxylic acids is 1. The van der Waals surface area contributed by atoms with Crippen molar-refractivity contribution < 1.29 is 23.1 Å². The summed E-state index contributed by atoms with van der Waals surface area (Å²) in [6.07, 6.45) is 0.261. The van der Waals surface area contributed by atoms with Crippen molar-refractivity contribution in [3.05, 3.63) is 0 Å². The molecule has 0 aromatic carbocycles. The Morgan fingerprint density at radius 1 is 1.21 bits per heavy atom. The average Bonchev–Trinajstić information content (AvgIpc) is 2.12. The molecule has 0 unspecified atom stereocenters. The zero-order valence-electron chi connectivity index (χ0n) is 12.1. The summed E-state index contributed by atoms with van der Waals surface area (Å²) in [7, 11) is -3.60. The number of sulfone groups is 1.